The number of benzene rings is 1. The van der Waals surface area contributed by atoms with Crippen LogP contribution in [0.5, 0.6) is 0 Å². The minimum atomic E-state index is 0.760. The number of para-hydroxylation sites is 2. The maximum atomic E-state index is 5.92. The molecule has 5 heteroatoms. The predicted octanol–water partition coefficient (Wildman–Crippen LogP) is 4.20. The second kappa shape index (κ2) is 5.47. The fourth-order valence-corrected chi connectivity index (χ4v) is 2.88. The molecule has 96 valence electrons. The summed E-state index contributed by atoms with van der Waals surface area (Å²) in [5.74, 6) is 0. The third-order valence-corrected chi connectivity index (χ3v) is 4.01. The van der Waals surface area contributed by atoms with Crippen LogP contribution in [0.4, 0.5) is 5.69 Å². The molecule has 0 spiro atoms. The molecule has 3 aromatic rings. The van der Waals surface area contributed by atoms with Crippen LogP contribution in [0.15, 0.2) is 54.2 Å². The molecule has 3 rings (SSSR count). The summed E-state index contributed by atoms with van der Waals surface area (Å²) < 4.78 is 1.85. The second-order valence-electron chi connectivity index (χ2n) is 4.05. The molecule has 0 aliphatic carbocycles. The van der Waals surface area contributed by atoms with Crippen LogP contribution >= 0.6 is 22.9 Å². The first-order valence-corrected chi connectivity index (χ1v) is 7.14. The zero-order valence-electron chi connectivity index (χ0n) is 10.1. The van der Waals surface area contributed by atoms with E-state index in [-0.39, 0.29) is 0 Å². The van der Waals surface area contributed by atoms with Crippen LogP contribution in [-0.2, 0) is 6.54 Å². The van der Waals surface area contributed by atoms with Crippen molar-refractivity contribution in [3.8, 4) is 5.69 Å². The fourth-order valence-electron chi connectivity index (χ4n) is 1.86. The highest BCUT2D eigenvalue weighted by Crippen LogP contribution is 2.23. The third-order valence-electron chi connectivity index (χ3n) is 2.73. The Labute approximate surface area is 120 Å². The van der Waals surface area contributed by atoms with Crippen LogP contribution in [0.1, 0.15) is 4.88 Å². The van der Waals surface area contributed by atoms with E-state index in [0.717, 1.165) is 22.9 Å². The maximum Gasteiger partial charge on any atom is 0.0876 e. The Hall–Kier alpha value is -1.78. The lowest BCUT2D eigenvalue weighted by atomic mass is 10.2. The van der Waals surface area contributed by atoms with Gasteiger partial charge in [0, 0.05) is 29.2 Å². The molecule has 19 heavy (non-hydrogen) atoms. The summed E-state index contributed by atoms with van der Waals surface area (Å²) in [4.78, 5) is 1.21. The molecule has 2 aromatic heterocycles. The van der Waals surface area contributed by atoms with Crippen molar-refractivity contribution in [2.24, 2.45) is 0 Å². The number of halogens is 1. The Morgan fingerprint density at radius 3 is 2.89 bits per heavy atom. The monoisotopic (exact) mass is 289 g/mol. The number of aromatic nitrogens is 2. The van der Waals surface area contributed by atoms with E-state index in [0.29, 0.717) is 0 Å². The lowest BCUT2D eigenvalue weighted by Gasteiger charge is -2.11. The molecular weight excluding hydrogens is 278 g/mol. The van der Waals surface area contributed by atoms with Gasteiger partial charge in [0.2, 0.25) is 0 Å². The van der Waals surface area contributed by atoms with E-state index in [1.807, 2.05) is 52.7 Å². The average molecular weight is 290 g/mol. The molecule has 0 saturated carbocycles. The molecule has 1 N–H and O–H groups in total. The van der Waals surface area contributed by atoms with Crippen molar-refractivity contribution in [2.45, 2.75) is 6.54 Å². The minimum absolute atomic E-state index is 0.760. The molecule has 0 atom stereocenters. The number of thiophene rings is 1. The summed E-state index contributed by atoms with van der Waals surface area (Å²) in [6, 6.07) is 12.0. The van der Waals surface area contributed by atoms with Crippen molar-refractivity contribution < 1.29 is 0 Å². The number of rotatable bonds is 4. The summed E-state index contributed by atoms with van der Waals surface area (Å²) in [5, 5.41) is 10.4. The van der Waals surface area contributed by atoms with Crippen LogP contribution in [0, 0.1) is 0 Å². The van der Waals surface area contributed by atoms with Gasteiger partial charge in [-0.15, -0.1) is 11.3 Å². The summed E-state index contributed by atoms with van der Waals surface area (Å²) in [5.41, 5.74) is 2.09. The number of nitrogens with zero attached hydrogens (tertiary/aromatic N) is 2. The molecular formula is C14H12ClN3S. The van der Waals surface area contributed by atoms with E-state index in [1.54, 1.807) is 17.5 Å². The van der Waals surface area contributed by atoms with Gasteiger partial charge in [-0.3, -0.25) is 0 Å². The molecule has 0 bridgehead atoms. The smallest absolute Gasteiger partial charge is 0.0876 e. The van der Waals surface area contributed by atoms with Crippen molar-refractivity contribution >= 4 is 28.6 Å². The largest absolute Gasteiger partial charge is 0.378 e. The van der Waals surface area contributed by atoms with Crippen molar-refractivity contribution in [3.63, 3.8) is 0 Å². The summed E-state index contributed by atoms with van der Waals surface area (Å²) in [7, 11) is 0. The second-order valence-corrected chi connectivity index (χ2v) is 5.48. The maximum absolute atomic E-state index is 5.92. The molecule has 0 saturated heterocycles. The summed E-state index contributed by atoms with van der Waals surface area (Å²) in [6.45, 7) is 0.760. The van der Waals surface area contributed by atoms with Crippen LogP contribution < -0.4 is 5.32 Å². The first-order valence-electron chi connectivity index (χ1n) is 5.89. The van der Waals surface area contributed by atoms with Gasteiger partial charge in [-0.25, -0.2) is 4.68 Å². The molecule has 3 nitrogen and oxygen atoms in total. The summed E-state index contributed by atoms with van der Waals surface area (Å²) in [6.07, 6.45) is 3.71. The average Bonchev–Trinajstić information content (AvgIpc) is 3.08. The number of hydrogen-bond donors (Lipinski definition) is 1. The highest BCUT2D eigenvalue weighted by atomic mass is 35.5. The Morgan fingerprint density at radius 1 is 1.26 bits per heavy atom. The van der Waals surface area contributed by atoms with Gasteiger partial charge in [-0.05, 0) is 24.3 Å². The zero-order chi connectivity index (χ0) is 13.1. The molecule has 0 radical (unpaired) electrons. The first-order chi connectivity index (χ1) is 9.33. The highest BCUT2D eigenvalue weighted by molar-refractivity contribution is 7.10. The van der Waals surface area contributed by atoms with Crippen molar-refractivity contribution in [3.05, 3.63) is 64.1 Å². The number of nitrogens with one attached hydrogen (secondary N) is 1. The first kappa shape index (κ1) is 12.3. The molecule has 0 aliphatic rings. The van der Waals surface area contributed by atoms with E-state index in [2.05, 4.69) is 10.4 Å². The molecule has 0 amide bonds. The van der Waals surface area contributed by atoms with Gasteiger partial charge in [0.05, 0.1) is 16.4 Å². The Morgan fingerprint density at radius 2 is 2.16 bits per heavy atom. The van der Waals surface area contributed by atoms with Gasteiger partial charge < -0.3 is 5.32 Å². The van der Waals surface area contributed by atoms with Crippen LogP contribution in [0.25, 0.3) is 5.69 Å². The van der Waals surface area contributed by atoms with Crippen molar-refractivity contribution in [1.82, 2.24) is 9.78 Å². The van der Waals surface area contributed by atoms with Gasteiger partial charge in [0.1, 0.15) is 0 Å². The van der Waals surface area contributed by atoms with Gasteiger partial charge in [0.15, 0.2) is 0 Å². The van der Waals surface area contributed by atoms with E-state index >= 15 is 0 Å². The van der Waals surface area contributed by atoms with Gasteiger partial charge >= 0.3 is 0 Å². The number of hydrogen-bond acceptors (Lipinski definition) is 3. The van der Waals surface area contributed by atoms with Crippen LogP contribution in [0.3, 0.4) is 0 Å². The topological polar surface area (TPSA) is 29.9 Å². The van der Waals surface area contributed by atoms with Crippen molar-refractivity contribution in [2.75, 3.05) is 5.32 Å². The quantitative estimate of drug-likeness (QED) is 0.780. The SMILES string of the molecule is Clc1csc(CNc2ccccc2-n2cccn2)c1. The van der Waals surface area contributed by atoms with Gasteiger partial charge in [-0.1, -0.05) is 23.7 Å². The Bertz CT molecular complexity index is 661. The van der Waals surface area contributed by atoms with Crippen LogP contribution in [0.2, 0.25) is 5.02 Å². The predicted molar refractivity (Wildman–Crippen MR) is 80.2 cm³/mol. The highest BCUT2D eigenvalue weighted by Gasteiger charge is 2.04. The standard InChI is InChI=1S/C14H12ClN3S/c15-11-8-12(19-10-11)9-16-13-4-1-2-5-14(13)18-7-3-6-17-18/h1-8,10,16H,9H2. The van der Waals surface area contributed by atoms with E-state index in [9.17, 15) is 0 Å². The van der Waals surface area contributed by atoms with E-state index in [1.165, 1.54) is 4.88 Å². The fraction of sp³-hybridized carbons (Fsp3) is 0.0714. The van der Waals surface area contributed by atoms with Crippen LogP contribution in [-0.4, -0.2) is 9.78 Å². The molecule has 2 heterocycles. The lowest BCUT2D eigenvalue weighted by Crippen LogP contribution is -2.03. The minimum Gasteiger partial charge on any atom is -0.378 e. The zero-order valence-corrected chi connectivity index (χ0v) is 11.7. The normalized spacial score (nSPS) is 10.6. The van der Waals surface area contributed by atoms with Crippen molar-refractivity contribution in [1.29, 1.82) is 0 Å². The Kier molecular flexibility index (Phi) is 3.53. The van der Waals surface area contributed by atoms with Gasteiger partial charge in [-0.2, -0.15) is 5.10 Å². The third kappa shape index (κ3) is 2.80. The lowest BCUT2D eigenvalue weighted by molar-refractivity contribution is 0.879. The molecule has 1 aromatic carbocycles. The van der Waals surface area contributed by atoms with Gasteiger partial charge in [0.25, 0.3) is 0 Å². The molecule has 0 fully saturated rings. The Balaban J connectivity index is 1.81. The summed E-state index contributed by atoms with van der Waals surface area (Å²) >= 11 is 7.58. The van der Waals surface area contributed by atoms with E-state index in [4.69, 9.17) is 11.6 Å². The number of anilines is 1. The van der Waals surface area contributed by atoms with E-state index < -0.39 is 0 Å². The molecule has 0 unspecified atom stereocenters. The molecule has 0 aliphatic heterocycles.